The molecule has 0 bridgehead atoms. The fourth-order valence-electron chi connectivity index (χ4n) is 2.98. The third kappa shape index (κ3) is 4.37. The van der Waals surface area contributed by atoms with Crippen molar-refractivity contribution in [1.29, 1.82) is 0 Å². The molecule has 1 N–H and O–H groups in total. The second-order valence-corrected chi connectivity index (χ2v) is 6.81. The minimum Gasteiger partial charge on any atom is -0.339 e. The number of amides is 1. The number of carbonyl (C=O) groups excluding carboxylic acids is 1. The van der Waals surface area contributed by atoms with Crippen LogP contribution in [0.25, 0.3) is 0 Å². The number of benzene rings is 1. The Labute approximate surface area is 143 Å². The molecule has 0 spiro atoms. The molecule has 0 atom stereocenters. The van der Waals surface area contributed by atoms with Crippen LogP contribution < -0.4 is 5.32 Å². The Morgan fingerprint density at radius 1 is 1.27 bits per heavy atom. The van der Waals surface area contributed by atoms with Gasteiger partial charge in [-0.1, -0.05) is 11.6 Å². The smallest absolute Gasteiger partial charge is 0.254 e. The predicted molar refractivity (Wildman–Crippen MR) is 93.1 cm³/mol. The lowest BCUT2D eigenvalue weighted by Gasteiger charge is -2.33. The highest BCUT2D eigenvalue weighted by molar-refractivity contribution is 6.30. The minimum atomic E-state index is 0. The summed E-state index contributed by atoms with van der Waals surface area (Å²) in [7, 11) is 0. The molecule has 5 heteroatoms. The van der Waals surface area contributed by atoms with E-state index in [1.807, 2.05) is 24.0 Å². The molecular formula is C17H24Cl2N2O. The second-order valence-electron chi connectivity index (χ2n) is 6.38. The minimum absolute atomic E-state index is 0. The zero-order chi connectivity index (χ0) is 14.8. The molecule has 22 heavy (non-hydrogen) atoms. The molecule has 1 heterocycles. The monoisotopic (exact) mass is 342 g/mol. The molecule has 3 nitrogen and oxygen atoms in total. The first-order valence-electron chi connectivity index (χ1n) is 7.92. The van der Waals surface area contributed by atoms with Crippen LogP contribution in [0, 0.1) is 12.8 Å². The van der Waals surface area contributed by atoms with E-state index in [4.69, 9.17) is 11.6 Å². The highest BCUT2D eigenvalue weighted by Crippen LogP contribution is 2.28. The Hall–Kier alpha value is -0.770. The fraction of sp³-hybridized carbons (Fsp3) is 0.588. The Kier molecular flexibility index (Phi) is 6.13. The summed E-state index contributed by atoms with van der Waals surface area (Å²) in [5, 5.41) is 4.33. The number of rotatable bonds is 4. The summed E-state index contributed by atoms with van der Waals surface area (Å²) in [6.45, 7) is 4.81. The summed E-state index contributed by atoms with van der Waals surface area (Å²) < 4.78 is 0. The van der Waals surface area contributed by atoms with E-state index in [1.54, 1.807) is 6.07 Å². The van der Waals surface area contributed by atoms with Gasteiger partial charge in [0.2, 0.25) is 0 Å². The first-order chi connectivity index (χ1) is 10.1. The van der Waals surface area contributed by atoms with Gasteiger partial charge in [0.15, 0.2) is 0 Å². The number of likely N-dealkylation sites (tertiary alicyclic amines) is 1. The number of nitrogens with one attached hydrogen (secondary N) is 1. The van der Waals surface area contributed by atoms with Crippen LogP contribution >= 0.6 is 24.0 Å². The molecule has 2 aliphatic rings. The summed E-state index contributed by atoms with van der Waals surface area (Å²) in [4.78, 5) is 14.6. The first kappa shape index (κ1) is 17.6. The number of halogens is 2. The molecule has 0 aromatic heterocycles. The Bertz CT molecular complexity index is 523. The van der Waals surface area contributed by atoms with E-state index in [1.165, 1.54) is 12.8 Å². The zero-order valence-electron chi connectivity index (χ0n) is 13.0. The summed E-state index contributed by atoms with van der Waals surface area (Å²) in [5.74, 6) is 1.06. The lowest BCUT2D eigenvalue weighted by Crippen LogP contribution is -2.45. The van der Waals surface area contributed by atoms with Gasteiger partial charge in [0.25, 0.3) is 5.91 Å². The van der Waals surface area contributed by atoms with Crippen LogP contribution in [0.15, 0.2) is 18.2 Å². The molecule has 1 aliphatic carbocycles. The molecule has 0 radical (unpaired) electrons. The van der Waals surface area contributed by atoms with E-state index in [-0.39, 0.29) is 18.3 Å². The van der Waals surface area contributed by atoms with Gasteiger partial charge in [-0.2, -0.15) is 0 Å². The maximum absolute atomic E-state index is 12.6. The summed E-state index contributed by atoms with van der Waals surface area (Å²) in [5.41, 5.74) is 1.74. The largest absolute Gasteiger partial charge is 0.339 e. The summed E-state index contributed by atoms with van der Waals surface area (Å²) in [6.07, 6.45) is 4.90. The average Bonchev–Trinajstić information content (AvgIpc) is 3.29. The van der Waals surface area contributed by atoms with Crippen LogP contribution in [0.1, 0.15) is 41.6 Å². The highest BCUT2D eigenvalue weighted by Gasteiger charge is 2.26. The van der Waals surface area contributed by atoms with Crippen molar-refractivity contribution >= 4 is 29.9 Å². The standard InChI is InChI=1S/C17H23ClN2O.ClH/c1-12-10-14(18)4-5-16(12)17(21)20-8-6-15(7-9-20)19-11-13-2-3-13;/h4-5,10,13,15,19H,2-3,6-9,11H2,1H3;1H. The number of hydrogen-bond donors (Lipinski definition) is 1. The third-order valence-electron chi connectivity index (χ3n) is 4.59. The zero-order valence-corrected chi connectivity index (χ0v) is 14.6. The molecule has 1 saturated heterocycles. The van der Waals surface area contributed by atoms with Crippen molar-refractivity contribution in [3.8, 4) is 0 Å². The molecule has 1 aliphatic heterocycles. The van der Waals surface area contributed by atoms with Gasteiger partial charge in [-0.3, -0.25) is 4.79 Å². The van der Waals surface area contributed by atoms with Gasteiger partial charge in [0.05, 0.1) is 0 Å². The Balaban J connectivity index is 0.00000176. The average molecular weight is 343 g/mol. The molecule has 1 saturated carbocycles. The van der Waals surface area contributed by atoms with E-state index in [9.17, 15) is 4.79 Å². The van der Waals surface area contributed by atoms with Gasteiger partial charge in [-0.05, 0) is 68.8 Å². The van der Waals surface area contributed by atoms with Gasteiger partial charge < -0.3 is 10.2 Å². The van der Waals surface area contributed by atoms with Crippen LogP contribution in [-0.2, 0) is 0 Å². The van der Waals surface area contributed by atoms with Crippen LogP contribution in [0.5, 0.6) is 0 Å². The maximum Gasteiger partial charge on any atom is 0.254 e. The molecule has 1 aromatic carbocycles. The number of aryl methyl sites for hydroxylation is 1. The summed E-state index contributed by atoms with van der Waals surface area (Å²) >= 11 is 5.96. The van der Waals surface area contributed by atoms with E-state index in [0.717, 1.165) is 49.5 Å². The van der Waals surface area contributed by atoms with Crippen molar-refractivity contribution in [2.75, 3.05) is 19.6 Å². The normalized spacial score (nSPS) is 18.9. The fourth-order valence-corrected chi connectivity index (χ4v) is 3.21. The second kappa shape index (κ2) is 7.67. The van der Waals surface area contributed by atoms with E-state index in [2.05, 4.69) is 5.32 Å². The molecule has 122 valence electrons. The van der Waals surface area contributed by atoms with Gasteiger partial charge in [0.1, 0.15) is 0 Å². The van der Waals surface area contributed by atoms with Crippen molar-refractivity contribution < 1.29 is 4.79 Å². The van der Waals surface area contributed by atoms with E-state index >= 15 is 0 Å². The van der Waals surface area contributed by atoms with Crippen LogP contribution in [0.2, 0.25) is 5.02 Å². The van der Waals surface area contributed by atoms with E-state index < -0.39 is 0 Å². The molecule has 3 rings (SSSR count). The van der Waals surface area contributed by atoms with E-state index in [0.29, 0.717) is 11.1 Å². The highest BCUT2D eigenvalue weighted by atomic mass is 35.5. The quantitative estimate of drug-likeness (QED) is 0.905. The Morgan fingerprint density at radius 3 is 2.55 bits per heavy atom. The van der Waals surface area contributed by atoms with Crippen molar-refractivity contribution in [2.45, 2.75) is 38.6 Å². The molecular weight excluding hydrogens is 319 g/mol. The number of carbonyl (C=O) groups is 1. The van der Waals surface area contributed by atoms with Crippen molar-refractivity contribution in [3.05, 3.63) is 34.3 Å². The Morgan fingerprint density at radius 2 is 1.95 bits per heavy atom. The van der Waals surface area contributed by atoms with Gasteiger partial charge in [-0.15, -0.1) is 12.4 Å². The van der Waals surface area contributed by atoms with Crippen LogP contribution in [0.4, 0.5) is 0 Å². The predicted octanol–water partition coefficient (Wildman–Crippen LogP) is 3.67. The molecule has 0 unspecified atom stereocenters. The maximum atomic E-state index is 12.6. The van der Waals surface area contributed by atoms with Crippen molar-refractivity contribution in [3.63, 3.8) is 0 Å². The van der Waals surface area contributed by atoms with Crippen molar-refractivity contribution in [2.24, 2.45) is 5.92 Å². The van der Waals surface area contributed by atoms with Gasteiger partial charge in [-0.25, -0.2) is 0 Å². The number of nitrogens with zero attached hydrogens (tertiary/aromatic N) is 1. The van der Waals surface area contributed by atoms with Crippen LogP contribution in [-0.4, -0.2) is 36.5 Å². The molecule has 2 fully saturated rings. The third-order valence-corrected chi connectivity index (χ3v) is 4.83. The number of hydrogen-bond acceptors (Lipinski definition) is 2. The SMILES string of the molecule is Cc1cc(Cl)ccc1C(=O)N1CCC(NCC2CC2)CC1.Cl. The summed E-state index contributed by atoms with van der Waals surface area (Å²) in [6, 6.07) is 6.09. The molecule has 1 amide bonds. The number of piperidine rings is 1. The first-order valence-corrected chi connectivity index (χ1v) is 8.30. The van der Waals surface area contributed by atoms with Crippen LogP contribution in [0.3, 0.4) is 0 Å². The van der Waals surface area contributed by atoms with Gasteiger partial charge >= 0.3 is 0 Å². The topological polar surface area (TPSA) is 32.3 Å². The lowest BCUT2D eigenvalue weighted by atomic mass is 10.0. The van der Waals surface area contributed by atoms with Gasteiger partial charge in [0, 0.05) is 29.7 Å². The lowest BCUT2D eigenvalue weighted by molar-refractivity contribution is 0.0704. The molecule has 1 aromatic rings. The van der Waals surface area contributed by atoms with Crippen molar-refractivity contribution in [1.82, 2.24) is 10.2 Å².